The van der Waals surface area contributed by atoms with Gasteiger partial charge in [0.2, 0.25) is 0 Å². The number of thiophene rings is 1. The van der Waals surface area contributed by atoms with Crippen molar-refractivity contribution in [2.45, 2.75) is 13.3 Å². The molecule has 14 heavy (non-hydrogen) atoms. The Kier molecular flexibility index (Phi) is 3.83. The van der Waals surface area contributed by atoms with Gasteiger partial charge in [-0.15, -0.1) is 11.3 Å². The van der Waals surface area contributed by atoms with Crippen LogP contribution in [-0.4, -0.2) is 25.7 Å². The Balaban J connectivity index is 2.67. The summed E-state index contributed by atoms with van der Waals surface area (Å²) >= 11 is 1.28. The van der Waals surface area contributed by atoms with Crippen LogP contribution in [0.15, 0.2) is 17.5 Å². The minimum absolute atomic E-state index is 0.0874. The fraction of sp³-hybridized carbons (Fsp3) is 0.444. The molecule has 0 aliphatic carbocycles. The number of hydrogen-bond acceptors (Lipinski definition) is 4. The monoisotopic (exact) mass is 232 g/mol. The predicted molar refractivity (Wildman–Crippen MR) is 57.6 cm³/mol. The van der Waals surface area contributed by atoms with Crippen LogP contribution in [0.4, 0.5) is 0 Å². The number of ketones is 1. The third-order valence-corrected chi connectivity index (χ3v) is 4.31. The van der Waals surface area contributed by atoms with E-state index in [2.05, 4.69) is 0 Å². The zero-order chi connectivity index (χ0) is 10.6. The van der Waals surface area contributed by atoms with Crippen LogP contribution >= 0.6 is 11.3 Å². The first-order chi connectivity index (χ1) is 6.55. The van der Waals surface area contributed by atoms with Crippen molar-refractivity contribution < 1.29 is 13.2 Å². The lowest BCUT2D eigenvalue weighted by molar-refractivity contribution is 0.102. The van der Waals surface area contributed by atoms with Crippen LogP contribution in [0.2, 0.25) is 0 Å². The second-order valence-electron chi connectivity index (χ2n) is 2.99. The lowest BCUT2D eigenvalue weighted by Crippen LogP contribution is -2.17. The van der Waals surface area contributed by atoms with Crippen LogP contribution < -0.4 is 0 Å². The van der Waals surface area contributed by atoms with Gasteiger partial charge in [0.15, 0.2) is 15.6 Å². The molecule has 0 atom stereocenters. The number of carbonyl (C=O) groups excluding carboxylic acids is 1. The molecule has 0 saturated carbocycles. The molecular formula is C9H12O3S2. The molecule has 0 radical (unpaired) electrons. The van der Waals surface area contributed by atoms with Gasteiger partial charge in [0.1, 0.15) is 5.75 Å². The van der Waals surface area contributed by atoms with Crippen molar-refractivity contribution in [2.24, 2.45) is 0 Å². The van der Waals surface area contributed by atoms with E-state index in [1.54, 1.807) is 24.4 Å². The van der Waals surface area contributed by atoms with E-state index in [0.717, 1.165) is 0 Å². The molecule has 0 spiro atoms. The van der Waals surface area contributed by atoms with E-state index in [1.807, 2.05) is 0 Å². The second kappa shape index (κ2) is 4.70. The molecule has 0 unspecified atom stereocenters. The van der Waals surface area contributed by atoms with E-state index >= 15 is 0 Å². The number of sulfone groups is 1. The zero-order valence-electron chi connectivity index (χ0n) is 7.89. The molecule has 0 saturated heterocycles. The maximum absolute atomic E-state index is 11.4. The van der Waals surface area contributed by atoms with E-state index in [9.17, 15) is 13.2 Å². The molecule has 0 fully saturated rings. The second-order valence-corrected chi connectivity index (χ2v) is 6.12. The SMILES string of the molecule is CCCS(=O)(=O)CC(=O)c1cccs1. The molecule has 1 rings (SSSR count). The van der Waals surface area contributed by atoms with E-state index in [-0.39, 0.29) is 17.3 Å². The third kappa shape index (κ3) is 3.23. The summed E-state index contributed by atoms with van der Waals surface area (Å²) in [7, 11) is -3.20. The zero-order valence-corrected chi connectivity index (χ0v) is 9.53. The Hall–Kier alpha value is -0.680. The van der Waals surface area contributed by atoms with Gasteiger partial charge >= 0.3 is 0 Å². The normalized spacial score (nSPS) is 11.5. The number of rotatable bonds is 5. The van der Waals surface area contributed by atoms with Gasteiger partial charge in [-0.25, -0.2) is 8.42 Å². The van der Waals surface area contributed by atoms with Gasteiger partial charge in [-0.2, -0.15) is 0 Å². The first kappa shape index (κ1) is 11.4. The van der Waals surface area contributed by atoms with Crippen LogP contribution in [0.5, 0.6) is 0 Å². The summed E-state index contributed by atoms with van der Waals surface area (Å²) < 4.78 is 22.6. The first-order valence-corrected chi connectivity index (χ1v) is 7.02. The van der Waals surface area contributed by atoms with Gasteiger partial charge in [0, 0.05) is 0 Å². The molecule has 0 aromatic carbocycles. The average molecular weight is 232 g/mol. The molecular weight excluding hydrogens is 220 g/mol. The van der Waals surface area contributed by atoms with Crippen molar-refractivity contribution in [3.63, 3.8) is 0 Å². The molecule has 0 amide bonds. The number of hydrogen-bond donors (Lipinski definition) is 0. The molecule has 0 bridgehead atoms. The molecule has 78 valence electrons. The largest absolute Gasteiger partial charge is 0.292 e. The standard InChI is InChI=1S/C9H12O3S2/c1-2-6-14(11,12)7-8(10)9-4-3-5-13-9/h3-5H,2,6-7H2,1H3. The third-order valence-electron chi connectivity index (χ3n) is 1.66. The summed E-state index contributed by atoms with van der Waals surface area (Å²) in [6.45, 7) is 1.78. The molecule has 5 heteroatoms. The van der Waals surface area contributed by atoms with Crippen LogP contribution in [0.3, 0.4) is 0 Å². The van der Waals surface area contributed by atoms with E-state index < -0.39 is 9.84 Å². The van der Waals surface area contributed by atoms with Crippen molar-refractivity contribution in [3.05, 3.63) is 22.4 Å². The molecule has 0 aliphatic rings. The van der Waals surface area contributed by atoms with Crippen LogP contribution in [0, 0.1) is 0 Å². The Labute approximate surface area is 87.7 Å². The van der Waals surface area contributed by atoms with Crippen molar-refractivity contribution >= 4 is 27.0 Å². The van der Waals surface area contributed by atoms with Crippen LogP contribution in [-0.2, 0) is 9.84 Å². The summed E-state index contributed by atoms with van der Waals surface area (Å²) in [4.78, 5) is 11.9. The van der Waals surface area contributed by atoms with Gasteiger partial charge in [-0.05, 0) is 17.9 Å². The lowest BCUT2D eigenvalue weighted by atomic mass is 10.4. The highest BCUT2D eigenvalue weighted by Crippen LogP contribution is 2.10. The predicted octanol–water partition coefficient (Wildman–Crippen LogP) is 1.76. The topological polar surface area (TPSA) is 51.2 Å². The molecule has 0 aliphatic heterocycles. The maximum Gasteiger partial charge on any atom is 0.187 e. The van der Waals surface area contributed by atoms with Gasteiger partial charge in [0.25, 0.3) is 0 Å². The van der Waals surface area contributed by atoms with Crippen molar-refractivity contribution in [1.29, 1.82) is 0 Å². The molecule has 0 N–H and O–H groups in total. The van der Waals surface area contributed by atoms with Crippen LogP contribution in [0.1, 0.15) is 23.0 Å². The van der Waals surface area contributed by atoms with E-state index in [0.29, 0.717) is 11.3 Å². The fourth-order valence-corrected chi connectivity index (χ4v) is 3.17. The Bertz CT molecular complexity index is 390. The molecule has 1 aromatic rings. The van der Waals surface area contributed by atoms with Crippen molar-refractivity contribution in [1.82, 2.24) is 0 Å². The number of Topliss-reactive ketones (excluding diaryl/α,β-unsaturated/α-hetero) is 1. The van der Waals surface area contributed by atoms with Gasteiger partial charge in [0.05, 0.1) is 10.6 Å². The Morgan fingerprint density at radius 2 is 2.21 bits per heavy atom. The first-order valence-electron chi connectivity index (χ1n) is 4.32. The molecule has 1 aromatic heterocycles. The quantitative estimate of drug-likeness (QED) is 0.727. The van der Waals surface area contributed by atoms with E-state index in [4.69, 9.17) is 0 Å². The summed E-state index contributed by atoms with van der Waals surface area (Å²) in [6.07, 6.45) is 0.556. The van der Waals surface area contributed by atoms with Crippen molar-refractivity contribution in [3.8, 4) is 0 Å². The smallest absolute Gasteiger partial charge is 0.187 e. The fourth-order valence-electron chi connectivity index (χ4n) is 1.09. The minimum atomic E-state index is -3.20. The van der Waals surface area contributed by atoms with Gasteiger partial charge in [-0.3, -0.25) is 4.79 Å². The number of carbonyl (C=O) groups is 1. The van der Waals surface area contributed by atoms with Gasteiger partial charge < -0.3 is 0 Å². The lowest BCUT2D eigenvalue weighted by Gasteiger charge is -1.99. The molecule has 3 nitrogen and oxygen atoms in total. The minimum Gasteiger partial charge on any atom is -0.292 e. The summed E-state index contributed by atoms with van der Waals surface area (Å²) in [5.41, 5.74) is 0. The molecule has 1 heterocycles. The summed E-state index contributed by atoms with van der Waals surface area (Å²) in [5.74, 6) is -0.570. The highest BCUT2D eigenvalue weighted by Gasteiger charge is 2.17. The van der Waals surface area contributed by atoms with Crippen LogP contribution in [0.25, 0.3) is 0 Å². The Morgan fingerprint density at radius 3 is 2.71 bits per heavy atom. The average Bonchev–Trinajstić information content (AvgIpc) is 2.53. The summed E-state index contributed by atoms with van der Waals surface area (Å²) in [6, 6.07) is 3.39. The maximum atomic E-state index is 11.4. The summed E-state index contributed by atoms with van der Waals surface area (Å²) in [5, 5.41) is 1.76. The highest BCUT2D eigenvalue weighted by atomic mass is 32.2. The van der Waals surface area contributed by atoms with E-state index in [1.165, 1.54) is 11.3 Å². The Morgan fingerprint density at radius 1 is 1.50 bits per heavy atom. The highest BCUT2D eigenvalue weighted by molar-refractivity contribution is 7.92. The van der Waals surface area contributed by atoms with Gasteiger partial charge in [-0.1, -0.05) is 13.0 Å². The van der Waals surface area contributed by atoms with Crippen molar-refractivity contribution in [2.75, 3.05) is 11.5 Å².